The van der Waals surface area contributed by atoms with Crippen molar-refractivity contribution in [1.29, 1.82) is 0 Å². The molecular formula is C73H122O6. The Kier molecular flexibility index (Phi) is 62.8. The van der Waals surface area contributed by atoms with E-state index in [1.54, 1.807) is 0 Å². The van der Waals surface area contributed by atoms with E-state index >= 15 is 0 Å². The maximum atomic E-state index is 12.9. The first-order valence-corrected chi connectivity index (χ1v) is 33.0. The number of esters is 3. The molecular weight excluding hydrogens is 973 g/mol. The Bertz CT molecular complexity index is 1640. The lowest BCUT2D eigenvalue weighted by molar-refractivity contribution is -0.167. The highest BCUT2D eigenvalue weighted by Gasteiger charge is 2.19. The normalized spacial score (nSPS) is 12.9. The number of unbranched alkanes of at least 4 members (excludes halogenated alkanes) is 28. The molecule has 0 aromatic heterocycles. The third kappa shape index (κ3) is 64.5. The minimum absolute atomic E-state index is 0.0917. The highest BCUT2D eigenvalue weighted by Crippen LogP contribution is 2.15. The summed E-state index contributed by atoms with van der Waals surface area (Å²) in [6.07, 6.45) is 92.0. The Morgan fingerprint density at radius 2 is 0.506 bits per heavy atom. The van der Waals surface area contributed by atoms with E-state index in [2.05, 4.69) is 142 Å². The molecule has 0 N–H and O–H groups in total. The van der Waals surface area contributed by atoms with E-state index in [1.165, 1.54) is 128 Å². The molecule has 0 bridgehead atoms. The van der Waals surface area contributed by atoms with Crippen LogP contribution in [-0.2, 0) is 28.6 Å². The van der Waals surface area contributed by atoms with Gasteiger partial charge >= 0.3 is 17.9 Å². The van der Waals surface area contributed by atoms with Gasteiger partial charge in [0.2, 0.25) is 0 Å². The van der Waals surface area contributed by atoms with Crippen LogP contribution in [0.5, 0.6) is 0 Å². The smallest absolute Gasteiger partial charge is 0.306 e. The summed E-state index contributed by atoms with van der Waals surface area (Å²) >= 11 is 0. The highest BCUT2D eigenvalue weighted by atomic mass is 16.6. The SMILES string of the molecule is CC/C=C\C/C=C\C/C=C\C/C=C\C/C=C\C/C=C\C/C=C\CCCCCCCCCC(=O)OCC(COC(=O)CCCCCCC/C=C\C/C=C\CCCC)OC(=O)CCCCCCCCC/C=C\CCCCCCCCC. The average Bonchev–Trinajstić information content (AvgIpc) is 3.45. The second-order valence-corrected chi connectivity index (χ2v) is 21.6. The van der Waals surface area contributed by atoms with Crippen LogP contribution in [0.3, 0.4) is 0 Å². The van der Waals surface area contributed by atoms with E-state index in [-0.39, 0.29) is 31.1 Å². The van der Waals surface area contributed by atoms with Crippen molar-refractivity contribution in [3.63, 3.8) is 0 Å². The topological polar surface area (TPSA) is 78.9 Å². The van der Waals surface area contributed by atoms with Crippen LogP contribution in [0.25, 0.3) is 0 Å². The Balaban J connectivity index is 4.36. The van der Waals surface area contributed by atoms with Gasteiger partial charge in [-0.2, -0.15) is 0 Å². The van der Waals surface area contributed by atoms with E-state index in [4.69, 9.17) is 14.2 Å². The van der Waals surface area contributed by atoms with Crippen LogP contribution in [0.1, 0.15) is 303 Å². The quantitative estimate of drug-likeness (QED) is 0.0261. The fraction of sp³-hybridized carbons (Fsp3) is 0.685. The molecule has 1 atom stereocenters. The third-order valence-electron chi connectivity index (χ3n) is 13.9. The van der Waals surface area contributed by atoms with Gasteiger partial charge in [0.05, 0.1) is 0 Å². The zero-order valence-electron chi connectivity index (χ0n) is 51.6. The number of rotatable bonds is 59. The van der Waals surface area contributed by atoms with E-state index in [0.717, 1.165) is 135 Å². The van der Waals surface area contributed by atoms with Crippen LogP contribution >= 0.6 is 0 Å². The molecule has 450 valence electrons. The van der Waals surface area contributed by atoms with Crippen LogP contribution in [0.15, 0.2) is 122 Å². The standard InChI is InChI=1S/C73H122O6/c1-4-7-10-13-16-19-22-25-28-30-32-33-34-35-36-37-38-39-40-41-42-44-45-48-51-54-57-60-63-66-72(75)78-69-70(68-77-71(74)65-62-59-56-53-50-47-27-24-21-18-15-12-9-6-3)79-73(76)67-64-61-58-55-52-49-46-43-31-29-26-23-20-17-14-11-8-5-2/h7,10,15-16,18-19,24-25,27-29,31-33,35-36,38-39,41-42,70H,4-6,8-9,11-14,17,20-23,26,30,34,37,40,43-69H2,1-3H3/b10-7-,18-15-,19-16-,27-24-,28-25-,31-29-,33-32-,36-35-,39-38-,42-41-. The van der Waals surface area contributed by atoms with Gasteiger partial charge < -0.3 is 14.2 Å². The summed E-state index contributed by atoms with van der Waals surface area (Å²) < 4.78 is 16.9. The van der Waals surface area contributed by atoms with Crippen LogP contribution in [0.2, 0.25) is 0 Å². The predicted octanol–water partition coefficient (Wildman–Crippen LogP) is 22.8. The second kappa shape index (κ2) is 66.3. The largest absolute Gasteiger partial charge is 0.462 e. The van der Waals surface area contributed by atoms with Gasteiger partial charge in [-0.3, -0.25) is 14.4 Å². The molecule has 6 heteroatoms. The first-order chi connectivity index (χ1) is 39.0. The molecule has 0 aliphatic heterocycles. The zero-order chi connectivity index (χ0) is 57.1. The molecule has 0 spiro atoms. The summed E-state index contributed by atoms with van der Waals surface area (Å²) in [6, 6.07) is 0. The summed E-state index contributed by atoms with van der Waals surface area (Å²) in [6.45, 7) is 6.48. The molecule has 0 aromatic carbocycles. The number of hydrogen-bond donors (Lipinski definition) is 0. The summed E-state index contributed by atoms with van der Waals surface area (Å²) in [5, 5.41) is 0. The molecule has 0 saturated carbocycles. The Labute approximate surface area is 488 Å². The summed E-state index contributed by atoms with van der Waals surface area (Å²) in [4.78, 5) is 38.3. The van der Waals surface area contributed by atoms with E-state index < -0.39 is 6.10 Å². The van der Waals surface area contributed by atoms with Crippen LogP contribution < -0.4 is 0 Å². The Hall–Kier alpha value is -4.19. The predicted molar refractivity (Wildman–Crippen MR) is 343 cm³/mol. The summed E-state index contributed by atoms with van der Waals surface area (Å²) in [5.41, 5.74) is 0. The molecule has 0 aromatic rings. The fourth-order valence-electron chi connectivity index (χ4n) is 8.96. The molecule has 1 unspecified atom stereocenters. The molecule has 0 fully saturated rings. The van der Waals surface area contributed by atoms with Crippen molar-refractivity contribution < 1.29 is 28.6 Å². The van der Waals surface area contributed by atoms with Crippen LogP contribution in [-0.4, -0.2) is 37.2 Å². The van der Waals surface area contributed by atoms with Crippen molar-refractivity contribution in [3.8, 4) is 0 Å². The van der Waals surface area contributed by atoms with Gasteiger partial charge in [-0.25, -0.2) is 0 Å². The minimum atomic E-state index is -0.795. The summed E-state index contributed by atoms with van der Waals surface area (Å²) in [7, 11) is 0. The maximum Gasteiger partial charge on any atom is 0.306 e. The molecule has 79 heavy (non-hydrogen) atoms. The minimum Gasteiger partial charge on any atom is -0.462 e. The van der Waals surface area contributed by atoms with E-state index in [0.29, 0.717) is 19.3 Å². The van der Waals surface area contributed by atoms with Crippen molar-refractivity contribution in [2.75, 3.05) is 13.2 Å². The average molecular weight is 1100 g/mol. The lowest BCUT2D eigenvalue weighted by atomic mass is 10.1. The van der Waals surface area contributed by atoms with Crippen molar-refractivity contribution in [2.45, 2.75) is 309 Å². The number of carbonyl (C=O) groups excluding carboxylic acids is 3. The molecule has 0 aliphatic rings. The number of allylic oxidation sites excluding steroid dienone is 20. The maximum absolute atomic E-state index is 12.9. The lowest BCUT2D eigenvalue weighted by Crippen LogP contribution is -2.30. The molecule has 0 saturated heterocycles. The monoisotopic (exact) mass is 1090 g/mol. The van der Waals surface area contributed by atoms with Gasteiger partial charge in [-0.15, -0.1) is 0 Å². The van der Waals surface area contributed by atoms with Gasteiger partial charge in [0.1, 0.15) is 13.2 Å². The van der Waals surface area contributed by atoms with Crippen LogP contribution in [0.4, 0.5) is 0 Å². The van der Waals surface area contributed by atoms with Crippen molar-refractivity contribution in [1.82, 2.24) is 0 Å². The van der Waals surface area contributed by atoms with E-state index in [9.17, 15) is 14.4 Å². The third-order valence-corrected chi connectivity index (χ3v) is 13.9. The van der Waals surface area contributed by atoms with Crippen LogP contribution in [0, 0.1) is 0 Å². The molecule has 0 aliphatic carbocycles. The first kappa shape index (κ1) is 74.8. The number of carbonyl (C=O) groups is 3. The van der Waals surface area contributed by atoms with Crippen molar-refractivity contribution >= 4 is 17.9 Å². The van der Waals surface area contributed by atoms with Gasteiger partial charge in [0.15, 0.2) is 6.10 Å². The van der Waals surface area contributed by atoms with Gasteiger partial charge in [0, 0.05) is 19.3 Å². The first-order valence-electron chi connectivity index (χ1n) is 33.0. The zero-order valence-corrected chi connectivity index (χ0v) is 51.6. The molecule has 0 radical (unpaired) electrons. The summed E-state index contributed by atoms with van der Waals surface area (Å²) in [5.74, 6) is -0.914. The molecule has 6 nitrogen and oxygen atoms in total. The number of hydrogen-bond acceptors (Lipinski definition) is 6. The van der Waals surface area contributed by atoms with Gasteiger partial charge in [0.25, 0.3) is 0 Å². The molecule has 0 heterocycles. The number of ether oxygens (including phenoxy) is 3. The fourth-order valence-corrected chi connectivity index (χ4v) is 8.96. The Morgan fingerprint density at radius 1 is 0.266 bits per heavy atom. The second-order valence-electron chi connectivity index (χ2n) is 21.6. The molecule has 0 amide bonds. The molecule has 0 rings (SSSR count). The van der Waals surface area contributed by atoms with Gasteiger partial charge in [-0.1, -0.05) is 277 Å². The van der Waals surface area contributed by atoms with E-state index in [1.807, 2.05) is 0 Å². The van der Waals surface area contributed by atoms with Crippen molar-refractivity contribution in [3.05, 3.63) is 122 Å². The highest BCUT2D eigenvalue weighted by molar-refractivity contribution is 5.71. The van der Waals surface area contributed by atoms with Gasteiger partial charge in [-0.05, 0) is 128 Å². The Morgan fingerprint density at radius 3 is 0.823 bits per heavy atom. The van der Waals surface area contributed by atoms with Crippen molar-refractivity contribution in [2.24, 2.45) is 0 Å². The lowest BCUT2D eigenvalue weighted by Gasteiger charge is -2.18.